The summed E-state index contributed by atoms with van der Waals surface area (Å²) in [5, 5.41) is 1.94. The second-order valence-corrected chi connectivity index (χ2v) is 8.20. The van der Waals surface area contributed by atoms with Crippen LogP contribution in [0.15, 0.2) is 41.3 Å². The number of piperazine rings is 1. The van der Waals surface area contributed by atoms with Crippen LogP contribution in [0.25, 0.3) is 11.0 Å². The van der Waals surface area contributed by atoms with E-state index in [1.165, 1.54) is 0 Å². The van der Waals surface area contributed by atoms with Crippen molar-refractivity contribution < 1.29 is 8.91 Å². The van der Waals surface area contributed by atoms with Gasteiger partial charge in [0.2, 0.25) is 0 Å². The second-order valence-electron chi connectivity index (χ2n) is 8.20. The number of nitrogens with zero attached hydrogens (tertiary/aromatic N) is 4. The highest BCUT2D eigenvalue weighted by Crippen LogP contribution is 2.37. The summed E-state index contributed by atoms with van der Waals surface area (Å²) in [7, 11) is 0. The average Bonchev–Trinajstić information content (AvgIpc) is 3.63. The number of amides is 1. The van der Waals surface area contributed by atoms with E-state index in [1.807, 2.05) is 17.4 Å². The Balaban J connectivity index is 1.18. The molecular weight excluding hydrogens is 392 g/mol. The Morgan fingerprint density at radius 3 is 2.77 bits per heavy atom. The highest BCUT2D eigenvalue weighted by atomic mass is 16.1. The van der Waals surface area contributed by atoms with Crippen molar-refractivity contribution in [1.29, 1.82) is 0 Å². The number of aromatic nitrogens is 3. The van der Waals surface area contributed by atoms with E-state index in [9.17, 15) is 9.59 Å². The summed E-state index contributed by atoms with van der Waals surface area (Å²) >= 11 is 0. The van der Waals surface area contributed by atoms with Gasteiger partial charge in [-0.25, -0.2) is 9.97 Å². The van der Waals surface area contributed by atoms with Gasteiger partial charge in [0, 0.05) is 49.7 Å². The fourth-order valence-electron chi connectivity index (χ4n) is 4.07. The average molecular weight is 422 g/mol. The van der Waals surface area contributed by atoms with E-state index in [4.69, 9.17) is 4.11 Å². The fourth-order valence-corrected chi connectivity index (χ4v) is 4.07. The largest absolute Gasteiger partial charge is 0.368 e. The van der Waals surface area contributed by atoms with Crippen molar-refractivity contribution in [2.75, 3.05) is 38.1 Å². The first-order valence-corrected chi connectivity index (χ1v) is 10.5. The monoisotopic (exact) mass is 421 g/mol. The molecule has 2 aliphatic rings. The maximum absolute atomic E-state index is 12.3. The number of aromatic amines is 1. The lowest BCUT2D eigenvalue weighted by molar-refractivity contribution is 0.0958. The molecule has 31 heavy (non-hydrogen) atoms. The van der Waals surface area contributed by atoms with Gasteiger partial charge in [-0.2, -0.15) is 0 Å². The van der Waals surface area contributed by atoms with E-state index in [1.54, 1.807) is 18.3 Å². The lowest BCUT2D eigenvalue weighted by Crippen LogP contribution is -2.46. The molecule has 1 aliphatic carbocycles. The minimum atomic E-state index is -2.54. The van der Waals surface area contributed by atoms with Crippen molar-refractivity contribution in [3.05, 3.63) is 63.8 Å². The highest BCUT2D eigenvalue weighted by Gasteiger charge is 2.28. The Bertz CT molecular complexity index is 1260. The van der Waals surface area contributed by atoms with Gasteiger partial charge in [0.05, 0.1) is 22.9 Å². The molecule has 2 N–H and O–H groups in total. The molecule has 160 valence electrons. The Hall–Kier alpha value is -3.26. The molecule has 1 saturated carbocycles. The third-order valence-electron chi connectivity index (χ3n) is 5.98. The smallest absolute Gasteiger partial charge is 0.270 e. The van der Waals surface area contributed by atoms with Gasteiger partial charge >= 0.3 is 0 Å². The number of nitrogens with one attached hydrogen (secondary N) is 2. The van der Waals surface area contributed by atoms with E-state index < -0.39 is 12.9 Å². The van der Waals surface area contributed by atoms with Crippen LogP contribution in [-0.2, 0) is 6.54 Å². The molecule has 0 unspecified atom stereocenters. The summed E-state index contributed by atoms with van der Waals surface area (Å²) < 4.78 is 21.4. The maximum Gasteiger partial charge on any atom is 0.270 e. The van der Waals surface area contributed by atoms with E-state index in [0.717, 1.165) is 67.8 Å². The first-order chi connectivity index (χ1) is 16.2. The summed E-state index contributed by atoms with van der Waals surface area (Å²) in [6, 6.07) is 9.41. The standard InChI is InChI=1S/C23H26N6O2/c1-24-22(30)19-7-5-17(13-25-19)29-10-8-28(9-11-29)14-15-2-6-18-20(12-15)27-23(31)21(26-18)16-3-4-16/h2,5-7,12-13,16H,3-4,8-11,14H2,1H3,(H,24,30)(H,27,31)/i1D3. The summed E-state index contributed by atoms with van der Waals surface area (Å²) in [4.78, 5) is 40.5. The molecule has 1 saturated heterocycles. The molecule has 8 heteroatoms. The van der Waals surface area contributed by atoms with Gasteiger partial charge in [-0.1, -0.05) is 6.07 Å². The zero-order chi connectivity index (χ0) is 23.9. The van der Waals surface area contributed by atoms with Gasteiger partial charge < -0.3 is 15.2 Å². The fraction of sp³-hybridized carbons (Fsp3) is 0.391. The highest BCUT2D eigenvalue weighted by molar-refractivity contribution is 5.92. The molecule has 3 heterocycles. The van der Waals surface area contributed by atoms with Gasteiger partial charge in [0.1, 0.15) is 11.4 Å². The van der Waals surface area contributed by atoms with Crippen molar-refractivity contribution in [2.45, 2.75) is 25.3 Å². The van der Waals surface area contributed by atoms with Crippen LogP contribution in [0.4, 0.5) is 5.69 Å². The lowest BCUT2D eigenvalue weighted by atomic mass is 10.1. The van der Waals surface area contributed by atoms with Gasteiger partial charge in [-0.05, 0) is 42.7 Å². The summed E-state index contributed by atoms with van der Waals surface area (Å²) in [6.07, 6.45) is 3.70. The summed E-state index contributed by atoms with van der Waals surface area (Å²) in [5.41, 5.74) is 4.30. The van der Waals surface area contributed by atoms with Crippen LogP contribution in [0.5, 0.6) is 0 Å². The predicted octanol–water partition coefficient (Wildman–Crippen LogP) is 1.88. The molecule has 1 aliphatic heterocycles. The van der Waals surface area contributed by atoms with Crippen molar-refractivity contribution >= 4 is 22.6 Å². The van der Waals surface area contributed by atoms with E-state index in [0.29, 0.717) is 11.6 Å². The zero-order valence-electron chi connectivity index (χ0n) is 20.1. The van der Waals surface area contributed by atoms with Crippen LogP contribution in [0, 0.1) is 0 Å². The molecule has 0 atom stereocenters. The quantitative estimate of drug-likeness (QED) is 0.653. The Morgan fingerprint density at radius 2 is 2.06 bits per heavy atom. The minimum Gasteiger partial charge on any atom is -0.368 e. The number of H-pyrrole nitrogens is 1. The third-order valence-corrected chi connectivity index (χ3v) is 5.98. The molecule has 1 amide bonds. The molecule has 5 rings (SSSR count). The number of carbonyl (C=O) groups is 1. The van der Waals surface area contributed by atoms with E-state index >= 15 is 0 Å². The van der Waals surface area contributed by atoms with Crippen LogP contribution in [-0.4, -0.2) is 58.9 Å². The molecule has 2 aromatic heterocycles. The molecule has 8 nitrogen and oxygen atoms in total. The number of hydrogen-bond acceptors (Lipinski definition) is 6. The number of rotatable bonds is 5. The SMILES string of the molecule is [2H]C([2H])([2H])NC(=O)c1ccc(N2CCN(Cc3ccc4nc(C5CC5)c(=O)[nH]c4c3)CC2)cn1. The molecule has 0 spiro atoms. The summed E-state index contributed by atoms with van der Waals surface area (Å²) in [5.74, 6) is -0.395. The van der Waals surface area contributed by atoms with Crippen LogP contribution in [0.3, 0.4) is 0 Å². The first-order valence-electron chi connectivity index (χ1n) is 12.0. The number of hydrogen-bond donors (Lipinski definition) is 2. The lowest BCUT2D eigenvalue weighted by Gasteiger charge is -2.36. The normalized spacial score (nSPS) is 19.0. The van der Waals surface area contributed by atoms with Crippen LogP contribution in [0.1, 0.15) is 44.6 Å². The topological polar surface area (TPSA) is 94.2 Å². The Morgan fingerprint density at radius 1 is 1.23 bits per heavy atom. The van der Waals surface area contributed by atoms with Gasteiger partial charge in [-0.3, -0.25) is 14.5 Å². The van der Waals surface area contributed by atoms with Crippen molar-refractivity contribution in [3.63, 3.8) is 0 Å². The molecule has 0 radical (unpaired) electrons. The molecule has 0 bridgehead atoms. The van der Waals surface area contributed by atoms with Crippen LogP contribution < -0.4 is 15.8 Å². The van der Waals surface area contributed by atoms with Gasteiger partial charge in [0.15, 0.2) is 0 Å². The summed E-state index contributed by atoms with van der Waals surface area (Å²) in [6.45, 7) is 1.56. The Labute approximate surface area is 184 Å². The third kappa shape index (κ3) is 4.16. The van der Waals surface area contributed by atoms with Crippen LogP contribution >= 0.6 is 0 Å². The van der Waals surface area contributed by atoms with E-state index in [2.05, 4.69) is 30.8 Å². The number of pyridine rings is 1. The molecular formula is C23H26N6O2. The predicted molar refractivity (Wildman–Crippen MR) is 119 cm³/mol. The molecule has 3 aromatic rings. The molecule has 1 aromatic carbocycles. The minimum absolute atomic E-state index is 0.0729. The number of carbonyl (C=O) groups excluding carboxylic acids is 1. The van der Waals surface area contributed by atoms with Gasteiger partial charge in [0.25, 0.3) is 11.5 Å². The zero-order valence-corrected chi connectivity index (χ0v) is 17.1. The van der Waals surface area contributed by atoms with Gasteiger partial charge in [-0.15, -0.1) is 0 Å². The number of anilines is 1. The number of fused-ring (bicyclic) bond motifs is 1. The van der Waals surface area contributed by atoms with Crippen LogP contribution in [0.2, 0.25) is 0 Å². The van der Waals surface area contributed by atoms with Crippen molar-refractivity contribution in [3.8, 4) is 0 Å². The molecule has 2 fully saturated rings. The Kier molecular flexibility index (Phi) is 4.30. The van der Waals surface area contributed by atoms with Crippen molar-refractivity contribution in [1.82, 2.24) is 25.2 Å². The van der Waals surface area contributed by atoms with E-state index in [-0.39, 0.29) is 11.3 Å². The van der Waals surface area contributed by atoms with Crippen molar-refractivity contribution in [2.24, 2.45) is 0 Å². The maximum atomic E-state index is 12.3. The first kappa shape index (κ1) is 16.4. The second kappa shape index (κ2) is 8.11. The number of benzene rings is 1.